The number of carbonyl (C=O) groups is 1. The zero-order valence-electron chi connectivity index (χ0n) is 17.5. The van der Waals surface area contributed by atoms with Crippen molar-refractivity contribution in [3.63, 3.8) is 0 Å². The van der Waals surface area contributed by atoms with Gasteiger partial charge in [0.05, 0.1) is 19.8 Å². The Morgan fingerprint density at radius 2 is 1.50 bits per heavy atom. The summed E-state index contributed by atoms with van der Waals surface area (Å²) in [7, 11) is 0. The highest BCUT2D eigenvalue weighted by molar-refractivity contribution is 5.69. The van der Waals surface area contributed by atoms with E-state index in [9.17, 15) is 4.79 Å². The number of rotatable bonds is 13. The van der Waals surface area contributed by atoms with E-state index in [1.54, 1.807) is 0 Å². The molecule has 3 fully saturated rings. The predicted octanol–water partition coefficient (Wildman–Crippen LogP) is 4.14. The van der Waals surface area contributed by atoms with Crippen LogP contribution in [0, 0.1) is 0 Å². The Morgan fingerprint density at radius 1 is 0.893 bits per heavy atom. The summed E-state index contributed by atoms with van der Waals surface area (Å²) < 4.78 is 28.6. The van der Waals surface area contributed by atoms with E-state index in [1.807, 2.05) is 0 Å². The fourth-order valence-corrected chi connectivity index (χ4v) is 4.43. The van der Waals surface area contributed by atoms with Gasteiger partial charge in [-0.1, -0.05) is 71.1 Å². The molecule has 0 bridgehead atoms. The molecule has 6 heteroatoms. The van der Waals surface area contributed by atoms with Crippen LogP contribution in [-0.2, 0) is 28.5 Å². The highest BCUT2D eigenvalue weighted by Gasteiger charge is 2.61. The van der Waals surface area contributed by atoms with Crippen molar-refractivity contribution in [2.24, 2.45) is 0 Å². The lowest BCUT2D eigenvalue weighted by molar-refractivity contribution is -0.207. The van der Waals surface area contributed by atoms with Gasteiger partial charge in [0, 0.05) is 6.42 Å². The smallest absolute Gasteiger partial charge is 0.306 e. The maximum atomic E-state index is 12.2. The molecule has 0 aromatic rings. The number of hydrogen-bond donors (Lipinski definition) is 0. The van der Waals surface area contributed by atoms with Crippen molar-refractivity contribution in [3.05, 3.63) is 0 Å². The van der Waals surface area contributed by atoms with Gasteiger partial charge in [0.1, 0.15) is 18.8 Å². The molecule has 0 N–H and O–H groups in total. The standard InChI is InChI=1S/C22H38O6/c1-2-3-4-5-6-7-8-9-10-11-12-13-19(23)28-18-16-24-21-20(18)25-17-22(21)26-14-15-27-22/h18,20-21H,2-17H2,1H3/t18-,20-,21+/m1/s1. The first-order valence-corrected chi connectivity index (χ1v) is 11.5. The van der Waals surface area contributed by atoms with Crippen LogP contribution in [0.2, 0.25) is 0 Å². The van der Waals surface area contributed by atoms with Crippen LogP contribution in [0.1, 0.15) is 84.0 Å². The molecule has 0 amide bonds. The highest BCUT2D eigenvalue weighted by Crippen LogP contribution is 2.40. The summed E-state index contributed by atoms with van der Waals surface area (Å²) in [6.45, 7) is 4.06. The van der Waals surface area contributed by atoms with Crippen LogP contribution in [0.3, 0.4) is 0 Å². The minimum atomic E-state index is -0.790. The minimum Gasteiger partial charge on any atom is -0.457 e. The van der Waals surface area contributed by atoms with Crippen molar-refractivity contribution in [1.29, 1.82) is 0 Å². The van der Waals surface area contributed by atoms with Crippen LogP contribution >= 0.6 is 0 Å². The second-order valence-electron chi connectivity index (χ2n) is 8.35. The third-order valence-electron chi connectivity index (χ3n) is 6.06. The number of unbranched alkanes of at least 4 members (excludes halogenated alkanes) is 10. The van der Waals surface area contributed by atoms with Gasteiger partial charge in [0.2, 0.25) is 5.79 Å². The van der Waals surface area contributed by atoms with E-state index >= 15 is 0 Å². The third-order valence-corrected chi connectivity index (χ3v) is 6.06. The van der Waals surface area contributed by atoms with Gasteiger partial charge in [-0.2, -0.15) is 0 Å². The maximum Gasteiger partial charge on any atom is 0.306 e. The first kappa shape index (κ1) is 22.0. The Labute approximate surface area is 169 Å². The molecule has 3 aliphatic heterocycles. The molecule has 0 aliphatic carbocycles. The maximum absolute atomic E-state index is 12.2. The summed E-state index contributed by atoms with van der Waals surface area (Å²) in [4.78, 5) is 12.2. The van der Waals surface area contributed by atoms with Gasteiger partial charge in [0.15, 0.2) is 6.10 Å². The molecule has 3 rings (SSSR count). The third kappa shape index (κ3) is 5.91. The van der Waals surface area contributed by atoms with Gasteiger partial charge < -0.3 is 23.7 Å². The first-order valence-electron chi connectivity index (χ1n) is 11.5. The Morgan fingerprint density at radius 3 is 2.14 bits per heavy atom. The van der Waals surface area contributed by atoms with Gasteiger partial charge in [-0.3, -0.25) is 4.79 Å². The Bertz CT molecular complexity index is 462. The lowest BCUT2D eigenvalue weighted by atomic mass is 10.1. The molecule has 3 saturated heterocycles. The predicted molar refractivity (Wildman–Crippen MR) is 105 cm³/mol. The quantitative estimate of drug-likeness (QED) is 0.343. The molecule has 1 spiro atoms. The molecule has 0 saturated carbocycles. The molecule has 3 atom stereocenters. The minimum absolute atomic E-state index is 0.150. The van der Waals surface area contributed by atoms with Crippen LogP contribution in [0.15, 0.2) is 0 Å². The molecule has 3 heterocycles. The molecule has 3 aliphatic rings. The summed E-state index contributed by atoms with van der Waals surface area (Å²) in [5.41, 5.74) is 0. The summed E-state index contributed by atoms with van der Waals surface area (Å²) in [5.74, 6) is -0.940. The summed E-state index contributed by atoms with van der Waals surface area (Å²) >= 11 is 0. The van der Waals surface area contributed by atoms with Gasteiger partial charge in [0.25, 0.3) is 0 Å². The lowest BCUT2D eigenvalue weighted by Crippen LogP contribution is -2.45. The first-order chi connectivity index (χ1) is 13.7. The van der Waals surface area contributed by atoms with Crippen LogP contribution in [0.5, 0.6) is 0 Å². The summed E-state index contributed by atoms with van der Waals surface area (Å²) in [6, 6.07) is 0. The molecule has 0 radical (unpaired) electrons. The van der Waals surface area contributed by atoms with Gasteiger partial charge in [-0.15, -0.1) is 0 Å². The lowest BCUT2D eigenvalue weighted by Gasteiger charge is -2.25. The molecule has 162 valence electrons. The topological polar surface area (TPSA) is 63.2 Å². The van der Waals surface area contributed by atoms with E-state index in [0.717, 1.165) is 12.8 Å². The fraction of sp³-hybridized carbons (Fsp3) is 0.955. The number of carbonyl (C=O) groups excluding carboxylic acids is 1. The van der Waals surface area contributed by atoms with Gasteiger partial charge in [-0.05, 0) is 6.42 Å². The van der Waals surface area contributed by atoms with Crippen LogP contribution in [0.25, 0.3) is 0 Å². The van der Waals surface area contributed by atoms with E-state index in [-0.39, 0.29) is 24.3 Å². The Kier molecular flexibility index (Phi) is 9.03. The Balaban J connectivity index is 1.19. The summed E-state index contributed by atoms with van der Waals surface area (Å²) in [5, 5.41) is 0. The number of ether oxygens (including phenoxy) is 5. The molecule has 0 unspecified atom stereocenters. The van der Waals surface area contributed by atoms with Gasteiger partial charge >= 0.3 is 5.97 Å². The molecular formula is C22H38O6. The van der Waals surface area contributed by atoms with Crippen LogP contribution in [0.4, 0.5) is 0 Å². The van der Waals surface area contributed by atoms with Crippen LogP contribution < -0.4 is 0 Å². The normalized spacial score (nSPS) is 28.1. The number of hydrogen-bond acceptors (Lipinski definition) is 6. The van der Waals surface area contributed by atoms with Crippen molar-refractivity contribution in [3.8, 4) is 0 Å². The van der Waals surface area contributed by atoms with Crippen molar-refractivity contribution >= 4 is 5.97 Å². The van der Waals surface area contributed by atoms with Crippen LogP contribution in [-0.4, -0.2) is 56.5 Å². The van der Waals surface area contributed by atoms with Crippen molar-refractivity contribution in [2.45, 2.75) is 108 Å². The second-order valence-corrected chi connectivity index (χ2v) is 8.35. The average molecular weight is 399 g/mol. The van der Waals surface area contributed by atoms with E-state index in [1.165, 1.54) is 57.8 Å². The van der Waals surface area contributed by atoms with Crippen molar-refractivity contribution in [1.82, 2.24) is 0 Å². The monoisotopic (exact) mass is 398 g/mol. The SMILES string of the molecule is CCCCCCCCCCCCCC(=O)O[C@@H]1CO[C@H]2[C@@H]1OCC21OCCO1. The van der Waals surface area contributed by atoms with E-state index < -0.39 is 5.79 Å². The fourth-order valence-electron chi connectivity index (χ4n) is 4.43. The van der Waals surface area contributed by atoms with E-state index in [0.29, 0.717) is 32.8 Å². The molecule has 0 aromatic heterocycles. The van der Waals surface area contributed by atoms with Crippen molar-refractivity contribution in [2.75, 3.05) is 26.4 Å². The largest absolute Gasteiger partial charge is 0.457 e. The van der Waals surface area contributed by atoms with E-state index in [2.05, 4.69) is 6.92 Å². The molecule has 6 nitrogen and oxygen atoms in total. The zero-order valence-corrected chi connectivity index (χ0v) is 17.5. The highest BCUT2D eigenvalue weighted by atomic mass is 16.8. The zero-order chi connectivity index (χ0) is 19.7. The number of fused-ring (bicyclic) bond motifs is 2. The number of esters is 1. The van der Waals surface area contributed by atoms with Gasteiger partial charge in [-0.25, -0.2) is 0 Å². The Hall–Kier alpha value is -0.690. The molecule has 28 heavy (non-hydrogen) atoms. The molecular weight excluding hydrogens is 360 g/mol. The van der Waals surface area contributed by atoms with E-state index in [4.69, 9.17) is 23.7 Å². The summed E-state index contributed by atoms with van der Waals surface area (Å²) in [6.07, 6.45) is 13.5. The van der Waals surface area contributed by atoms with Crippen molar-refractivity contribution < 1.29 is 28.5 Å². The molecule has 0 aromatic carbocycles. The average Bonchev–Trinajstić information content (AvgIpc) is 3.40. The second kappa shape index (κ2) is 11.5.